The smallest absolute Gasteiger partial charge is 0.199 e. The predicted molar refractivity (Wildman–Crippen MR) is 119 cm³/mol. The SMILES string of the molecule is C=C([C@H]1CC[C@H](CC/C=C/C=C(\F)C#N)CC1)[C@H]1CC[C@H](c2ccc(F)cc2)CC1. The predicted octanol–water partition coefficient (Wildman–Crippen LogP) is 8.18. The molecule has 3 heteroatoms. The van der Waals surface area contributed by atoms with Gasteiger partial charge in [0.1, 0.15) is 11.9 Å². The first-order chi connectivity index (χ1) is 14.6. The summed E-state index contributed by atoms with van der Waals surface area (Å²) in [5.41, 5.74) is 2.75. The van der Waals surface area contributed by atoms with E-state index in [4.69, 9.17) is 5.26 Å². The molecular formula is C27H33F2N. The lowest BCUT2D eigenvalue weighted by atomic mass is 9.69. The van der Waals surface area contributed by atoms with Gasteiger partial charge in [0.05, 0.1) is 0 Å². The van der Waals surface area contributed by atoms with Gasteiger partial charge in [0.25, 0.3) is 0 Å². The topological polar surface area (TPSA) is 23.8 Å². The Morgan fingerprint density at radius 2 is 1.60 bits per heavy atom. The van der Waals surface area contributed by atoms with Crippen molar-refractivity contribution in [1.29, 1.82) is 5.26 Å². The van der Waals surface area contributed by atoms with Crippen molar-refractivity contribution >= 4 is 0 Å². The molecule has 0 unspecified atom stereocenters. The molecule has 1 aromatic carbocycles. The number of benzene rings is 1. The lowest BCUT2D eigenvalue weighted by Crippen LogP contribution is -2.22. The molecule has 0 N–H and O–H groups in total. The van der Waals surface area contributed by atoms with Gasteiger partial charge in [0.15, 0.2) is 5.83 Å². The molecular weight excluding hydrogens is 376 g/mol. The van der Waals surface area contributed by atoms with Crippen molar-refractivity contribution in [3.05, 3.63) is 71.9 Å². The van der Waals surface area contributed by atoms with Gasteiger partial charge in [-0.1, -0.05) is 36.4 Å². The maximum Gasteiger partial charge on any atom is 0.199 e. The molecule has 3 rings (SSSR count). The average Bonchev–Trinajstić information content (AvgIpc) is 2.79. The Kier molecular flexibility index (Phi) is 8.43. The molecule has 0 saturated heterocycles. The molecule has 0 aliphatic heterocycles. The van der Waals surface area contributed by atoms with Crippen molar-refractivity contribution in [1.82, 2.24) is 0 Å². The van der Waals surface area contributed by atoms with E-state index in [-0.39, 0.29) is 5.82 Å². The van der Waals surface area contributed by atoms with Gasteiger partial charge in [0.2, 0.25) is 0 Å². The van der Waals surface area contributed by atoms with Crippen molar-refractivity contribution in [3.8, 4) is 6.07 Å². The standard InChI is InChI=1S/C27H33F2N/c1-20(23-11-13-24(14-12-23)25-15-17-26(28)18-16-25)22-9-7-21(8-10-22)5-3-2-4-6-27(29)19-30/h2,4,6,15-18,21-24H,1,3,5,7-14H2/b4-2+,27-6-/t21-,22-,23-,24-. The van der Waals surface area contributed by atoms with Crippen molar-refractivity contribution in [2.45, 2.75) is 70.1 Å². The van der Waals surface area contributed by atoms with Gasteiger partial charge >= 0.3 is 0 Å². The van der Waals surface area contributed by atoms with Crippen LogP contribution >= 0.6 is 0 Å². The lowest BCUT2D eigenvalue weighted by Gasteiger charge is -2.36. The Balaban J connectivity index is 1.37. The average molecular weight is 410 g/mol. The summed E-state index contributed by atoms with van der Waals surface area (Å²) >= 11 is 0. The molecule has 0 atom stereocenters. The summed E-state index contributed by atoms with van der Waals surface area (Å²) in [7, 11) is 0. The second-order valence-electron chi connectivity index (χ2n) is 9.02. The van der Waals surface area contributed by atoms with Crippen LogP contribution in [0.15, 0.2) is 60.5 Å². The summed E-state index contributed by atoms with van der Waals surface area (Å²) in [5, 5.41) is 8.39. The largest absolute Gasteiger partial charge is 0.207 e. The van der Waals surface area contributed by atoms with Crippen molar-refractivity contribution in [2.24, 2.45) is 17.8 Å². The minimum Gasteiger partial charge on any atom is -0.207 e. The maximum atomic E-state index is 13.2. The Bertz CT molecular complexity index is 783. The summed E-state index contributed by atoms with van der Waals surface area (Å²) in [5.74, 6) is 1.73. The lowest BCUT2D eigenvalue weighted by molar-refractivity contribution is 0.260. The van der Waals surface area contributed by atoms with E-state index in [1.54, 1.807) is 18.2 Å². The molecule has 0 bridgehead atoms. The van der Waals surface area contributed by atoms with E-state index in [0.717, 1.165) is 18.8 Å². The fraction of sp³-hybridized carbons (Fsp3) is 0.519. The molecule has 30 heavy (non-hydrogen) atoms. The molecule has 0 aromatic heterocycles. The summed E-state index contributed by atoms with van der Waals surface area (Å²) in [6, 6.07) is 8.53. The van der Waals surface area contributed by atoms with E-state index in [9.17, 15) is 8.78 Å². The molecule has 160 valence electrons. The quantitative estimate of drug-likeness (QED) is 0.253. The third-order valence-corrected chi connectivity index (χ3v) is 7.19. The van der Waals surface area contributed by atoms with Gasteiger partial charge in [-0.25, -0.2) is 4.39 Å². The van der Waals surface area contributed by atoms with Crippen molar-refractivity contribution < 1.29 is 8.78 Å². The molecule has 0 radical (unpaired) electrons. The summed E-state index contributed by atoms with van der Waals surface area (Å²) < 4.78 is 25.9. The zero-order valence-corrected chi connectivity index (χ0v) is 17.8. The van der Waals surface area contributed by atoms with Gasteiger partial charge in [-0.15, -0.1) is 0 Å². The highest BCUT2D eigenvalue weighted by Gasteiger charge is 2.29. The van der Waals surface area contributed by atoms with Gasteiger partial charge in [0, 0.05) is 0 Å². The Morgan fingerprint density at radius 3 is 2.20 bits per heavy atom. The molecule has 1 aromatic rings. The summed E-state index contributed by atoms with van der Waals surface area (Å²) in [6.07, 6.45) is 16.7. The Labute approximate surface area is 180 Å². The highest BCUT2D eigenvalue weighted by molar-refractivity contribution is 5.22. The van der Waals surface area contributed by atoms with Crippen LogP contribution in [0, 0.1) is 34.9 Å². The van der Waals surface area contributed by atoms with Gasteiger partial charge in [-0.2, -0.15) is 9.65 Å². The monoisotopic (exact) mass is 409 g/mol. The van der Waals surface area contributed by atoms with Crippen LogP contribution < -0.4 is 0 Å². The second-order valence-corrected chi connectivity index (χ2v) is 9.02. The van der Waals surface area contributed by atoms with E-state index in [2.05, 4.69) is 6.58 Å². The van der Waals surface area contributed by atoms with Crippen LogP contribution in [0.5, 0.6) is 0 Å². The molecule has 2 aliphatic rings. The first kappa shape index (κ1) is 22.5. The van der Waals surface area contributed by atoms with Crippen LogP contribution in [0.4, 0.5) is 8.78 Å². The molecule has 0 spiro atoms. The van der Waals surface area contributed by atoms with E-state index < -0.39 is 5.83 Å². The van der Waals surface area contributed by atoms with Crippen LogP contribution in [0.1, 0.15) is 75.7 Å². The first-order valence-electron chi connectivity index (χ1n) is 11.4. The normalized spacial score (nSPS) is 27.7. The second kappa shape index (κ2) is 11.3. The van der Waals surface area contributed by atoms with Crippen molar-refractivity contribution in [3.63, 3.8) is 0 Å². The first-order valence-corrected chi connectivity index (χ1v) is 11.4. The minimum atomic E-state index is -0.739. The van der Waals surface area contributed by atoms with Gasteiger partial charge < -0.3 is 0 Å². The number of hydrogen-bond donors (Lipinski definition) is 0. The zero-order chi connectivity index (χ0) is 21.3. The molecule has 2 fully saturated rings. The Morgan fingerprint density at radius 1 is 1.00 bits per heavy atom. The number of rotatable bonds is 7. The van der Waals surface area contributed by atoms with Crippen LogP contribution in [0.3, 0.4) is 0 Å². The van der Waals surface area contributed by atoms with Crippen LogP contribution in [0.25, 0.3) is 0 Å². The van der Waals surface area contributed by atoms with Gasteiger partial charge in [-0.3, -0.25) is 0 Å². The maximum absolute atomic E-state index is 13.2. The Hall–Kier alpha value is -2.21. The van der Waals surface area contributed by atoms with E-state index in [1.807, 2.05) is 18.2 Å². The molecule has 0 heterocycles. The summed E-state index contributed by atoms with van der Waals surface area (Å²) in [4.78, 5) is 0. The van der Waals surface area contributed by atoms with Crippen LogP contribution in [-0.4, -0.2) is 0 Å². The fourth-order valence-corrected chi connectivity index (χ4v) is 5.31. The number of nitriles is 1. The summed E-state index contributed by atoms with van der Waals surface area (Å²) in [6.45, 7) is 4.52. The third-order valence-electron chi connectivity index (χ3n) is 7.19. The third kappa shape index (κ3) is 6.39. The van der Waals surface area contributed by atoms with Crippen molar-refractivity contribution in [2.75, 3.05) is 0 Å². The van der Waals surface area contributed by atoms with Crippen LogP contribution in [0.2, 0.25) is 0 Å². The van der Waals surface area contributed by atoms with E-state index in [0.29, 0.717) is 17.8 Å². The minimum absolute atomic E-state index is 0.155. The van der Waals surface area contributed by atoms with Crippen LogP contribution in [-0.2, 0) is 0 Å². The molecule has 2 aliphatic carbocycles. The molecule has 1 nitrogen and oxygen atoms in total. The molecule has 0 amide bonds. The zero-order valence-electron chi connectivity index (χ0n) is 17.8. The molecule has 2 saturated carbocycles. The van der Waals surface area contributed by atoms with E-state index >= 15 is 0 Å². The highest BCUT2D eigenvalue weighted by Crippen LogP contribution is 2.44. The fourth-order valence-electron chi connectivity index (χ4n) is 5.31. The number of nitrogens with zero attached hydrogens (tertiary/aromatic N) is 1. The number of hydrogen-bond acceptors (Lipinski definition) is 1. The highest BCUT2D eigenvalue weighted by atomic mass is 19.1. The number of halogens is 2. The number of allylic oxidation sites excluding steroid dienone is 5. The van der Waals surface area contributed by atoms with E-state index in [1.165, 1.54) is 74.6 Å². The van der Waals surface area contributed by atoms with Gasteiger partial charge in [-0.05, 0) is 112 Å².